The van der Waals surface area contributed by atoms with E-state index in [1.54, 1.807) is 12.1 Å². The maximum absolute atomic E-state index is 11.2. The van der Waals surface area contributed by atoms with E-state index in [-0.39, 0.29) is 11.5 Å². The molecule has 0 spiro atoms. The fourth-order valence-corrected chi connectivity index (χ4v) is 1.61. The molecule has 0 saturated heterocycles. The van der Waals surface area contributed by atoms with Crippen LogP contribution in [0.3, 0.4) is 0 Å². The van der Waals surface area contributed by atoms with E-state index < -0.39 is 0 Å². The first kappa shape index (κ1) is 10.9. The predicted molar refractivity (Wildman–Crippen MR) is 60.2 cm³/mol. The fourth-order valence-electron chi connectivity index (χ4n) is 1.33. The van der Waals surface area contributed by atoms with Gasteiger partial charge in [-0.3, -0.25) is 9.78 Å². The van der Waals surface area contributed by atoms with Crippen LogP contribution in [0.25, 0.3) is 0 Å². The maximum Gasteiger partial charge on any atom is 0.251 e. The second kappa shape index (κ2) is 4.37. The molecule has 0 radical (unpaired) electrons. The first-order valence-corrected chi connectivity index (χ1v) is 4.92. The van der Waals surface area contributed by atoms with Crippen LogP contribution in [0.15, 0.2) is 23.5 Å². The Kier molecular flexibility index (Phi) is 3.41. The molecule has 14 heavy (non-hydrogen) atoms. The summed E-state index contributed by atoms with van der Waals surface area (Å²) in [5.74, 6) is 0.277. The maximum atomic E-state index is 11.2. The Morgan fingerprint density at radius 1 is 1.71 bits per heavy atom. The van der Waals surface area contributed by atoms with Crippen molar-refractivity contribution in [2.24, 2.45) is 0 Å². The van der Waals surface area contributed by atoms with Crippen LogP contribution >= 0.6 is 12.2 Å². The second-order valence-electron chi connectivity index (χ2n) is 3.42. The predicted octanol–water partition coefficient (Wildman–Crippen LogP) is 2.22. The highest BCUT2D eigenvalue weighted by Gasteiger charge is 2.06. The van der Waals surface area contributed by atoms with Crippen LogP contribution < -0.4 is 5.56 Å². The number of H-pyrrole nitrogens is 1. The van der Waals surface area contributed by atoms with Crippen molar-refractivity contribution < 1.29 is 0 Å². The normalized spacial score (nSPS) is 10.5. The molecule has 1 aromatic heterocycles. The molecule has 1 rings (SSSR count). The number of aromatic nitrogens is 2. The minimum atomic E-state index is -0.140. The standard InChI is InChI=1S/C10H14N2OS/c1-4-5-12-8(7(2)3)6-9(13)11-10(12)14/h4,6-7H,1,5H2,2-3H3,(H,11,13,14). The summed E-state index contributed by atoms with van der Waals surface area (Å²) in [6, 6.07) is 1.59. The van der Waals surface area contributed by atoms with E-state index in [1.165, 1.54) is 0 Å². The van der Waals surface area contributed by atoms with Crippen LogP contribution in [0.5, 0.6) is 0 Å². The Morgan fingerprint density at radius 3 is 2.86 bits per heavy atom. The average Bonchev–Trinajstić information content (AvgIpc) is 2.09. The Balaban J connectivity index is 3.44. The van der Waals surface area contributed by atoms with E-state index in [0.717, 1.165) is 5.69 Å². The van der Waals surface area contributed by atoms with Crippen LogP contribution in [0, 0.1) is 4.77 Å². The molecule has 1 aromatic rings. The van der Waals surface area contributed by atoms with Gasteiger partial charge >= 0.3 is 0 Å². The van der Waals surface area contributed by atoms with Gasteiger partial charge in [0, 0.05) is 18.3 Å². The summed E-state index contributed by atoms with van der Waals surface area (Å²) in [7, 11) is 0. The van der Waals surface area contributed by atoms with E-state index in [9.17, 15) is 4.79 Å². The summed E-state index contributed by atoms with van der Waals surface area (Å²) < 4.78 is 2.34. The Hall–Kier alpha value is -1.16. The molecule has 0 unspecified atom stereocenters. The molecular weight excluding hydrogens is 196 g/mol. The van der Waals surface area contributed by atoms with Crippen molar-refractivity contribution in [3.05, 3.63) is 39.5 Å². The van der Waals surface area contributed by atoms with Gasteiger partial charge in [-0.25, -0.2) is 0 Å². The third-order valence-corrected chi connectivity index (χ3v) is 2.29. The third-order valence-electron chi connectivity index (χ3n) is 1.97. The Labute approximate surface area is 88.1 Å². The minimum Gasteiger partial charge on any atom is -0.318 e. The van der Waals surface area contributed by atoms with E-state index in [1.807, 2.05) is 18.4 Å². The number of hydrogen-bond acceptors (Lipinski definition) is 2. The van der Waals surface area contributed by atoms with Gasteiger partial charge in [0.05, 0.1) is 0 Å². The zero-order valence-corrected chi connectivity index (χ0v) is 9.23. The van der Waals surface area contributed by atoms with Crippen LogP contribution in [-0.4, -0.2) is 9.55 Å². The van der Waals surface area contributed by atoms with Crippen molar-refractivity contribution in [1.29, 1.82) is 0 Å². The van der Waals surface area contributed by atoms with Crippen LogP contribution in [0.4, 0.5) is 0 Å². The number of hydrogen-bond donors (Lipinski definition) is 1. The number of aromatic amines is 1. The first-order chi connectivity index (χ1) is 6.56. The molecular formula is C10H14N2OS. The summed E-state index contributed by atoms with van der Waals surface area (Å²) in [5.41, 5.74) is 0.803. The molecule has 1 heterocycles. The van der Waals surface area contributed by atoms with E-state index in [0.29, 0.717) is 11.3 Å². The number of allylic oxidation sites excluding steroid dienone is 1. The molecule has 0 amide bonds. The van der Waals surface area contributed by atoms with Gasteiger partial charge in [-0.1, -0.05) is 19.9 Å². The summed E-state index contributed by atoms with van der Waals surface area (Å²) in [6.45, 7) is 8.35. The van der Waals surface area contributed by atoms with E-state index >= 15 is 0 Å². The zero-order chi connectivity index (χ0) is 10.7. The van der Waals surface area contributed by atoms with Gasteiger partial charge in [0.15, 0.2) is 4.77 Å². The zero-order valence-electron chi connectivity index (χ0n) is 8.41. The monoisotopic (exact) mass is 210 g/mol. The second-order valence-corrected chi connectivity index (χ2v) is 3.80. The fraction of sp³-hybridized carbons (Fsp3) is 0.400. The lowest BCUT2D eigenvalue weighted by Gasteiger charge is -2.13. The lowest BCUT2D eigenvalue weighted by molar-refractivity contribution is 0.659. The van der Waals surface area contributed by atoms with Crippen molar-refractivity contribution in [1.82, 2.24) is 9.55 Å². The molecule has 3 nitrogen and oxygen atoms in total. The topological polar surface area (TPSA) is 37.8 Å². The molecule has 1 N–H and O–H groups in total. The lowest BCUT2D eigenvalue weighted by Crippen LogP contribution is -2.17. The third kappa shape index (κ3) is 2.20. The van der Waals surface area contributed by atoms with Crippen LogP contribution in [-0.2, 0) is 6.54 Å². The highest BCUT2D eigenvalue weighted by molar-refractivity contribution is 7.71. The van der Waals surface area contributed by atoms with Gasteiger partial charge in [-0.2, -0.15) is 0 Å². The molecule has 0 aliphatic carbocycles. The van der Waals surface area contributed by atoms with Gasteiger partial charge in [0.25, 0.3) is 5.56 Å². The molecule has 0 fully saturated rings. The number of rotatable bonds is 3. The van der Waals surface area contributed by atoms with Gasteiger partial charge < -0.3 is 4.57 Å². The van der Waals surface area contributed by atoms with Gasteiger partial charge in [0.1, 0.15) is 0 Å². The van der Waals surface area contributed by atoms with Gasteiger partial charge in [-0.15, -0.1) is 6.58 Å². The molecule has 0 aromatic carbocycles. The molecule has 0 bridgehead atoms. The molecule has 0 atom stereocenters. The molecule has 76 valence electrons. The highest BCUT2D eigenvalue weighted by Crippen LogP contribution is 2.12. The van der Waals surface area contributed by atoms with Crippen molar-refractivity contribution in [2.75, 3.05) is 0 Å². The van der Waals surface area contributed by atoms with Crippen molar-refractivity contribution >= 4 is 12.2 Å². The van der Waals surface area contributed by atoms with Crippen molar-refractivity contribution in [2.45, 2.75) is 26.3 Å². The summed E-state index contributed by atoms with van der Waals surface area (Å²) in [4.78, 5) is 13.8. The lowest BCUT2D eigenvalue weighted by atomic mass is 10.1. The van der Waals surface area contributed by atoms with E-state index in [4.69, 9.17) is 12.2 Å². The molecule has 0 aliphatic heterocycles. The molecule has 4 heteroatoms. The summed E-state index contributed by atoms with van der Waals surface area (Å²) in [5, 5.41) is 0. The summed E-state index contributed by atoms with van der Waals surface area (Å²) >= 11 is 5.07. The van der Waals surface area contributed by atoms with E-state index in [2.05, 4.69) is 11.6 Å². The molecule has 0 aliphatic rings. The van der Waals surface area contributed by atoms with Crippen molar-refractivity contribution in [3.63, 3.8) is 0 Å². The minimum absolute atomic E-state index is 0.140. The SMILES string of the molecule is C=CCn1c(C(C)C)cc(=O)[nH]c1=S. The first-order valence-electron chi connectivity index (χ1n) is 4.51. The van der Waals surface area contributed by atoms with Crippen LogP contribution in [0.2, 0.25) is 0 Å². The highest BCUT2D eigenvalue weighted by atomic mass is 32.1. The van der Waals surface area contributed by atoms with Crippen LogP contribution in [0.1, 0.15) is 25.5 Å². The largest absolute Gasteiger partial charge is 0.318 e. The molecule has 0 saturated carbocycles. The van der Waals surface area contributed by atoms with Gasteiger partial charge in [0.2, 0.25) is 0 Å². The smallest absolute Gasteiger partial charge is 0.251 e. The Bertz CT molecular complexity index is 442. The van der Waals surface area contributed by atoms with Gasteiger partial charge in [-0.05, 0) is 18.1 Å². The quantitative estimate of drug-likeness (QED) is 0.613. The van der Waals surface area contributed by atoms with Crippen molar-refractivity contribution in [3.8, 4) is 0 Å². The summed E-state index contributed by atoms with van der Waals surface area (Å²) in [6.07, 6.45) is 1.76. The number of nitrogens with zero attached hydrogens (tertiary/aromatic N) is 1. The number of nitrogens with one attached hydrogen (secondary N) is 1. The Morgan fingerprint density at radius 2 is 2.36 bits per heavy atom. The average molecular weight is 210 g/mol.